The van der Waals surface area contributed by atoms with Crippen molar-refractivity contribution in [2.24, 2.45) is 0 Å². The van der Waals surface area contributed by atoms with Crippen molar-refractivity contribution >= 4 is 8.25 Å². The molecule has 2 N–H and O–H groups in total. The average Bonchev–Trinajstić information content (AvgIpc) is 2.02. The van der Waals surface area contributed by atoms with Crippen molar-refractivity contribution < 1.29 is 23.8 Å². The first-order valence-electron chi connectivity index (χ1n) is 4.36. The van der Waals surface area contributed by atoms with Crippen molar-refractivity contribution in [1.29, 1.82) is 0 Å². The summed E-state index contributed by atoms with van der Waals surface area (Å²) < 4.78 is 21.3. The molecule has 0 bridgehead atoms. The predicted octanol–water partition coefficient (Wildman–Crippen LogP) is 0.951. The highest BCUT2D eigenvalue weighted by molar-refractivity contribution is 7.33. The molecule has 0 aromatic heterocycles. The van der Waals surface area contributed by atoms with Gasteiger partial charge in [-0.2, -0.15) is 0 Å². The van der Waals surface area contributed by atoms with Crippen LogP contribution in [-0.2, 0) is 13.6 Å². The Morgan fingerprint density at radius 1 is 1.00 bits per heavy atom. The maximum absolute atomic E-state index is 11.3. The number of rotatable bonds is 6. The van der Waals surface area contributed by atoms with Gasteiger partial charge in [0.15, 0.2) is 0 Å². The zero-order valence-corrected chi connectivity index (χ0v) is 10.0. The topological polar surface area (TPSA) is 76.0 Å². The lowest BCUT2D eigenvalue weighted by Crippen LogP contribution is -2.30. The zero-order valence-electron chi connectivity index (χ0n) is 9.03. The number of aliphatic hydroxyl groups excluding tert-OH is 2. The summed E-state index contributed by atoms with van der Waals surface area (Å²) in [6.45, 7) is 5.92. The molecule has 6 heteroatoms. The summed E-state index contributed by atoms with van der Waals surface area (Å²) in [5.41, 5.74) is -1.77. The maximum Gasteiger partial charge on any atom is 0.320 e. The molecule has 0 spiro atoms. The van der Waals surface area contributed by atoms with E-state index in [-0.39, 0.29) is 13.2 Å². The van der Waals surface area contributed by atoms with Crippen molar-refractivity contribution in [3.8, 4) is 0 Å². The van der Waals surface area contributed by atoms with Gasteiger partial charge in [0.25, 0.3) is 0 Å². The van der Waals surface area contributed by atoms with Crippen molar-refractivity contribution in [1.82, 2.24) is 0 Å². The van der Waals surface area contributed by atoms with Gasteiger partial charge in [-0.1, -0.05) is 0 Å². The summed E-state index contributed by atoms with van der Waals surface area (Å²) >= 11 is 0. The first-order chi connectivity index (χ1) is 6.22. The summed E-state index contributed by atoms with van der Waals surface area (Å²) in [6.07, 6.45) is 0. The lowest BCUT2D eigenvalue weighted by atomic mass is 10.2. The van der Waals surface area contributed by atoms with E-state index in [1.807, 2.05) is 0 Å². The summed E-state index contributed by atoms with van der Waals surface area (Å²) in [7, 11) is -2.70. The Morgan fingerprint density at radius 2 is 1.29 bits per heavy atom. The maximum atomic E-state index is 11.3. The van der Waals surface area contributed by atoms with Crippen LogP contribution in [0, 0.1) is 0 Å². The minimum atomic E-state index is -2.70. The quantitative estimate of drug-likeness (QED) is 0.659. The van der Waals surface area contributed by atoms with Gasteiger partial charge in [0.2, 0.25) is 0 Å². The van der Waals surface area contributed by atoms with E-state index in [0.29, 0.717) is 0 Å². The third kappa shape index (κ3) is 5.73. The Labute approximate surface area is 85.0 Å². The zero-order chi connectivity index (χ0) is 11.4. The molecular weight excluding hydrogens is 207 g/mol. The molecule has 0 aliphatic carbocycles. The van der Waals surface area contributed by atoms with Crippen LogP contribution in [0.5, 0.6) is 0 Å². The van der Waals surface area contributed by atoms with Gasteiger partial charge >= 0.3 is 8.25 Å². The smallest absolute Gasteiger partial charge is 0.320 e. The summed E-state index contributed by atoms with van der Waals surface area (Å²) in [5, 5.41) is 17.7. The number of hydrogen-bond donors (Lipinski definition) is 2. The van der Waals surface area contributed by atoms with Gasteiger partial charge in [0.05, 0.1) is 24.4 Å². The molecule has 0 rings (SSSR count). The molecule has 0 aliphatic rings. The molecule has 0 saturated carbocycles. The molecule has 0 aliphatic heterocycles. The third-order valence-corrected chi connectivity index (χ3v) is 2.92. The molecule has 0 heterocycles. The first-order valence-corrected chi connectivity index (χ1v) is 5.58. The minimum absolute atomic E-state index is 0.244. The fourth-order valence-corrected chi connectivity index (χ4v) is 1.61. The van der Waals surface area contributed by atoms with Gasteiger partial charge in [-0.25, -0.2) is 0 Å². The number of hydrogen-bond acceptors (Lipinski definition) is 5. The SMILES string of the molecule is CC(C)(CO)O[PH](=O)OC(C)(C)CO. The second-order valence-corrected chi connectivity index (χ2v) is 5.20. The van der Waals surface area contributed by atoms with E-state index in [4.69, 9.17) is 19.3 Å². The molecule has 0 radical (unpaired) electrons. The van der Waals surface area contributed by atoms with E-state index < -0.39 is 19.5 Å². The van der Waals surface area contributed by atoms with Crippen LogP contribution in [-0.4, -0.2) is 34.6 Å². The van der Waals surface area contributed by atoms with Crippen LogP contribution >= 0.6 is 8.25 Å². The normalized spacial score (nSPS) is 13.6. The molecule has 5 nitrogen and oxygen atoms in total. The molecule has 0 fully saturated rings. The van der Waals surface area contributed by atoms with E-state index in [2.05, 4.69) is 0 Å². The highest BCUT2D eigenvalue weighted by Gasteiger charge is 2.26. The second kappa shape index (κ2) is 5.24. The minimum Gasteiger partial charge on any atom is -0.393 e. The largest absolute Gasteiger partial charge is 0.393 e. The van der Waals surface area contributed by atoms with Crippen LogP contribution in [0.15, 0.2) is 0 Å². The van der Waals surface area contributed by atoms with Crippen LogP contribution in [0.4, 0.5) is 0 Å². The molecule has 86 valence electrons. The molecule has 0 aromatic rings. The fraction of sp³-hybridized carbons (Fsp3) is 1.00. The van der Waals surface area contributed by atoms with Crippen molar-refractivity contribution in [2.75, 3.05) is 13.2 Å². The van der Waals surface area contributed by atoms with Crippen molar-refractivity contribution in [3.63, 3.8) is 0 Å². The summed E-state index contributed by atoms with van der Waals surface area (Å²) in [6, 6.07) is 0. The highest BCUT2D eigenvalue weighted by Crippen LogP contribution is 2.35. The van der Waals surface area contributed by atoms with Crippen LogP contribution < -0.4 is 0 Å². The van der Waals surface area contributed by atoms with Crippen LogP contribution in [0.3, 0.4) is 0 Å². The summed E-state index contributed by atoms with van der Waals surface area (Å²) in [5.74, 6) is 0. The third-order valence-electron chi connectivity index (χ3n) is 1.48. The van der Waals surface area contributed by atoms with Gasteiger partial charge in [-0.3, -0.25) is 4.57 Å². The van der Waals surface area contributed by atoms with Crippen LogP contribution in [0.25, 0.3) is 0 Å². The lowest BCUT2D eigenvalue weighted by Gasteiger charge is -2.26. The molecule has 0 amide bonds. The standard InChI is InChI=1S/C8H19O5P/c1-7(2,5-9)12-14(11)13-8(3,4)6-10/h9-10,14H,5-6H2,1-4H3. The molecule has 0 saturated heterocycles. The van der Waals surface area contributed by atoms with E-state index in [1.54, 1.807) is 27.7 Å². The van der Waals surface area contributed by atoms with Gasteiger partial charge < -0.3 is 19.3 Å². The van der Waals surface area contributed by atoms with Crippen LogP contribution in [0.2, 0.25) is 0 Å². The average molecular weight is 226 g/mol. The van der Waals surface area contributed by atoms with Gasteiger partial charge in [0.1, 0.15) is 0 Å². The Bertz CT molecular complexity index is 182. The molecule has 0 atom stereocenters. The molecular formula is C8H19O5P. The molecule has 0 aromatic carbocycles. The Kier molecular flexibility index (Phi) is 5.26. The predicted molar refractivity (Wildman–Crippen MR) is 53.5 cm³/mol. The fourth-order valence-electron chi connectivity index (χ4n) is 0.537. The van der Waals surface area contributed by atoms with E-state index in [0.717, 1.165) is 0 Å². The number of aliphatic hydroxyl groups is 2. The van der Waals surface area contributed by atoms with Crippen molar-refractivity contribution in [2.45, 2.75) is 38.9 Å². The van der Waals surface area contributed by atoms with Gasteiger partial charge in [-0.05, 0) is 27.7 Å². The Balaban J connectivity index is 4.12. The van der Waals surface area contributed by atoms with E-state index >= 15 is 0 Å². The first kappa shape index (κ1) is 14.1. The van der Waals surface area contributed by atoms with E-state index in [1.165, 1.54) is 0 Å². The van der Waals surface area contributed by atoms with Gasteiger partial charge in [0, 0.05) is 0 Å². The molecule has 0 unspecified atom stereocenters. The summed E-state index contributed by atoms with van der Waals surface area (Å²) in [4.78, 5) is 0. The van der Waals surface area contributed by atoms with E-state index in [9.17, 15) is 4.57 Å². The lowest BCUT2D eigenvalue weighted by molar-refractivity contribution is -0.00583. The van der Waals surface area contributed by atoms with Gasteiger partial charge in [-0.15, -0.1) is 0 Å². The van der Waals surface area contributed by atoms with Crippen LogP contribution in [0.1, 0.15) is 27.7 Å². The Morgan fingerprint density at radius 3 is 1.50 bits per heavy atom. The molecule has 14 heavy (non-hydrogen) atoms. The van der Waals surface area contributed by atoms with Crippen molar-refractivity contribution in [3.05, 3.63) is 0 Å². The second-order valence-electron chi connectivity index (χ2n) is 4.29. The Hall–Kier alpha value is 0.0700. The monoisotopic (exact) mass is 226 g/mol. The highest BCUT2D eigenvalue weighted by atomic mass is 31.1.